The molecule has 1 rings (SSSR count). The van der Waals surface area contributed by atoms with Crippen LogP contribution in [0.1, 0.15) is 12.5 Å². The van der Waals surface area contributed by atoms with Gasteiger partial charge in [-0.15, -0.1) is 0 Å². The van der Waals surface area contributed by atoms with Gasteiger partial charge in [-0.25, -0.2) is 0 Å². The van der Waals surface area contributed by atoms with Crippen molar-refractivity contribution in [2.45, 2.75) is 13.5 Å². The van der Waals surface area contributed by atoms with Gasteiger partial charge in [0, 0.05) is 25.6 Å². The number of benzene rings is 1. The van der Waals surface area contributed by atoms with Crippen LogP contribution in [0.2, 0.25) is 0 Å². The van der Waals surface area contributed by atoms with E-state index in [0.29, 0.717) is 6.61 Å². The Morgan fingerprint density at radius 3 is 2.56 bits per heavy atom. The van der Waals surface area contributed by atoms with Gasteiger partial charge >= 0.3 is 0 Å². The fraction of sp³-hybridized carbons (Fsp3) is 0.538. The third-order valence-corrected chi connectivity index (χ3v) is 2.60. The lowest BCUT2D eigenvalue weighted by Gasteiger charge is -2.26. The lowest BCUT2D eigenvalue weighted by atomic mass is 9.93. The topological polar surface area (TPSA) is 41.5 Å². The van der Waals surface area contributed by atoms with Crippen molar-refractivity contribution >= 4 is 0 Å². The molecule has 0 bridgehead atoms. The summed E-state index contributed by atoms with van der Waals surface area (Å²) in [6.07, 6.45) is 0. The summed E-state index contributed by atoms with van der Waals surface area (Å²) in [6.45, 7) is 4.26. The molecule has 16 heavy (non-hydrogen) atoms. The number of rotatable bonds is 7. The van der Waals surface area contributed by atoms with E-state index in [9.17, 15) is 5.11 Å². The normalized spacial score (nSPS) is 14.7. The first-order valence-electron chi connectivity index (χ1n) is 5.55. The molecule has 0 aliphatic heterocycles. The van der Waals surface area contributed by atoms with Crippen molar-refractivity contribution in [2.24, 2.45) is 5.41 Å². The van der Waals surface area contributed by atoms with Crippen LogP contribution in [0.15, 0.2) is 30.3 Å². The summed E-state index contributed by atoms with van der Waals surface area (Å²) in [5.41, 5.74) is 1.05. The van der Waals surface area contributed by atoms with Gasteiger partial charge in [-0.2, -0.15) is 0 Å². The van der Waals surface area contributed by atoms with Crippen molar-refractivity contribution in [3.8, 4) is 0 Å². The maximum absolute atomic E-state index is 9.29. The van der Waals surface area contributed by atoms with Crippen LogP contribution in [0, 0.1) is 5.41 Å². The van der Waals surface area contributed by atoms with E-state index < -0.39 is 0 Å². The molecule has 0 unspecified atom stereocenters. The molecule has 2 N–H and O–H groups in total. The van der Waals surface area contributed by atoms with Crippen LogP contribution >= 0.6 is 0 Å². The minimum atomic E-state index is -0.205. The maximum Gasteiger partial charge on any atom is 0.0550 e. The molecule has 90 valence electrons. The zero-order chi connectivity index (χ0) is 11.9. The highest BCUT2D eigenvalue weighted by Crippen LogP contribution is 2.14. The van der Waals surface area contributed by atoms with E-state index in [2.05, 4.69) is 17.4 Å². The molecule has 0 radical (unpaired) electrons. The van der Waals surface area contributed by atoms with Gasteiger partial charge in [0.25, 0.3) is 0 Å². The molecule has 1 aromatic rings. The van der Waals surface area contributed by atoms with Crippen LogP contribution in [0.4, 0.5) is 0 Å². The van der Waals surface area contributed by atoms with Crippen molar-refractivity contribution in [2.75, 3.05) is 26.9 Å². The smallest absolute Gasteiger partial charge is 0.0550 e. The summed E-state index contributed by atoms with van der Waals surface area (Å²) >= 11 is 0. The second kappa shape index (κ2) is 6.63. The van der Waals surface area contributed by atoms with Crippen molar-refractivity contribution in [1.29, 1.82) is 0 Å². The van der Waals surface area contributed by atoms with E-state index in [1.165, 1.54) is 5.56 Å². The Hall–Kier alpha value is -0.900. The van der Waals surface area contributed by atoms with Crippen LogP contribution in [0.3, 0.4) is 0 Å². The van der Waals surface area contributed by atoms with E-state index in [4.69, 9.17) is 4.74 Å². The monoisotopic (exact) mass is 223 g/mol. The van der Waals surface area contributed by atoms with Gasteiger partial charge in [-0.1, -0.05) is 37.3 Å². The molecule has 0 heterocycles. The summed E-state index contributed by atoms with van der Waals surface area (Å²) in [7, 11) is 1.66. The highest BCUT2D eigenvalue weighted by atomic mass is 16.5. The first-order chi connectivity index (χ1) is 7.70. The fourth-order valence-corrected chi connectivity index (χ4v) is 1.61. The minimum absolute atomic E-state index is 0.128. The third-order valence-electron chi connectivity index (χ3n) is 2.60. The molecule has 3 heteroatoms. The van der Waals surface area contributed by atoms with Crippen molar-refractivity contribution in [3.05, 3.63) is 35.9 Å². The SMILES string of the molecule is COC[C@@](C)(CO)CNCc1ccccc1. The zero-order valence-electron chi connectivity index (χ0n) is 10.1. The van der Waals surface area contributed by atoms with E-state index in [-0.39, 0.29) is 12.0 Å². The van der Waals surface area contributed by atoms with Crippen molar-refractivity contribution in [3.63, 3.8) is 0 Å². The Balaban J connectivity index is 2.34. The second-order valence-corrected chi connectivity index (χ2v) is 4.49. The number of aliphatic hydroxyl groups is 1. The largest absolute Gasteiger partial charge is 0.396 e. The lowest BCUT2D eigenvalue weighted by molar-refractivity contribution is 0.0424. The number of nitrogens with one attached hydrogen (secondary N) is 1. The lowest BCUT2D eigenvalue weighted by Crippen LogP contribution is -2.38. The number of hydrogen-bond donors (Lipinski definition) is 2. The zero-order valence-corrected chi connectivity index (χ0v) is 10.1. The highest BCUT2D eigenvalue weighted by Gasteiger charge is 2.22. The van der Waals surface area contributed by atoms with Gasteiger partial charge in [0.05, 0.1) is 13.2 Å². The maximum atomic E-state index is 9.29. The van der Waals surface area contributed by atoms with Crippen LogP contribution < -0.4 is 5.32 Å². The van der Waals surface area contributed by atoms with Gasteiger partial charge in [0.15, 0.2) is 0 Å². The van der Waals surface area contributed by atoms with Gasteiger partial charge in [0.2, 0.25) is 0 Å². The molecule has 0 saturated heterocycles. The van der Waals surface area contributed by atoms with Gasteiger partial charge in [-0.3, -0.25) is 0 Å². The van der Waals surface area contributed by atoms with Crippen LogP contribution in [-0.4, -0.2) is 32.0 Å². The summed E-state index contributed by atoms with van der Waals surface area (Å²) in [5, 5.41) is 12.6. The second-order valence-electron chi connectivity index (χ2n) is 4.49. The molecule has 0 aromatic heterocycles. The quantitative estimate of drug-likeness (QED) is 0.734. The molecule has 0 spiro atoms. The Labute approximate surface area is 97.4 Å². The highest BCUT2D eigenvalue weighted by molar-refractivity contribution is 5.14. The average molecular weight is 223 g/mol. The van der Waals surface area contributed by atoms with Gasteiger partial charge < -0.3 is 15.2 Å². The average Bonchev–Trinajstić information content (AvgIpc) is 2.31. The summed E-state index contributed by atoms with van der Waals surface area (Å²) in [5.74, 6) is 0. The Bertz CT molecular complexity index is 289. The number of hydrogen-bond acceptors (Lipinski definition) is 3. The minimum Gasteiger partial charge on any atom is -0.396 e. The molecule has 1 aromatic carbocycles. The third kappa shape index (κ3) is 4.31. The van der Waals surface area contributed by atoms with Crippen LogP contribution in [0.25, 0.3) is 0 Å². The number of aliphatic hydroxyl groups excluding tert-OH is 1. The van der Waals surface area contributed by atoms with Crippen molar-refractivity contribution < 1.29 is 9.84 Å². The Kier molecular flexibility index (Phi) is 5.46. The fourth-order valence-electron chi connectivity index (χ4n) is 1.61. The van der Waals surface area contributed by atoms with E-state index >= 15 is 0 Å². The molecule has 0 aliphatic rings. The van der Waals surface area contributed by atoms with Crippen LogP contribution in [0.5, 0.6) is 0 Å². The van der Waals surface area contributed by atoms with E-state index in [1.807, 2.05) is 25.1 Å². The Morgan fingerprint density at radius 1 is 1.31 bits per heavy atom. The first kappa shape index (κ1) is 13.2. The Morgan fingerprint density at radius 2 is 2.00 bits per heavy atom. The summed E-state index contributed by atoms with van der Waals surface area (Å²) in [4.78, 5) is 0. The standard InChI is InChI=1S/C13H21NO2/c1-13(10-15,11-16-2)9-14-8-12-6-4-3-5-7-12/h3-7,14-15H,8-11H2,1-2H3/t13-/m1/s1. The predicted octanol–water partition coefficient (Wildman–Crippen LogP) is 1.42. The van der Waals surface area contributed by atoms with Crippen molar-refractivity contribution in [1.82, 2.24) is 5.32 Å². The molecule has 0 aliphatic carbocycles. The van der Waals surface area contributed by atoms with Gasteiger partial charge in [0.1, 0.15) is 0 Å². The summed E-state index contributed by atoms with van der Waals surface area (Å²) < 4.78 is 5.10. The molecule has 1 atom stereocenters. The first-order valence-corrected chi connectivity index (χ1v) is 5.55. The molecule has 0 amide bonds. The number of methoxy groups -OCH3 is 1. The summed E-state index contributed by atoms with van der Waals surface area (Å²) in [6, 6.07) is 10.2. The predicted molar refractivity (Wildman–Crippen MR) is 65.2 cm³/mol. The number of ether oxygens (including phenoxy) is 1. The molecular formula is C13H21NO2. The molecular weight excluding hydrogens is 202 g/mol. The van der Waals surface area contributed by atoms with E-state index in [1.54, 1.807) is 7.11 Å². The molecule has 0 fully saturated rings. The van der Waals surface area contributed by atoms with Crippen LogP contribution in [-0.2, 0) is 11.3 Å². The van der Waals surface area contributed by atoms with E-state index in [0.717, 1.165) is 13.1 Å². The molecule has 0 saturated carbocycles. The molecule has 3 nitrogen and oxygen atoms in total. The van der Waals surface area contributed by atoms with Gasteiger partial charge in [-0.05, 0) is 5.56 Å².